The second-order valence-electron chi connectivity index (χ2n) is 5.26. The molecule has 4 rings (SSSR count). The standard InChI is InChI=1S/C18H12BrN3O2S/c19-16-7-5-14(24-16)6-8-17(23)20-13-3-1-12(2-4-13)15-11-22-9-10-25-18(22)21-15/h1-11H,(H,20,23). The number of carbonyl (C=O) groups excluding carboxylic acids is 1. The molecule has 25 heavy (non-hydrogen) atoms. The van der Waals surface area contributed by atoms with Gasteiger partial charge >= 0.3 is 0 Å². The fourth-order valence-corrected chi connectivity index (χ4v) is 3.37. The average Bonchev–Trinajstić information content (AvgIpc) is 3.29. The molecule has 0 radical (unpaired) electrons. The molecule has 0 saturated carbocycles. The van der Waals surface area contributed by atoms with Gasteiger partial charge in [0.25, 0.3) is 0 Å². The highest BCUT2D eigenvalue weighted by Crippen LogP contribution is 2.23. The van der Waals surface area contributed by atoms with Gasteiger partial charge in [0, 0.05) is 35.1 Å². The van der Waals surface area contributed by atoms with Gasteiger partial charge in [-0.3, -0.25) is 9.20 Å². The van der Waals surface area contributed by atoms with Gasteiger partial charge in [-0.05, 0) is 46.3 Å². The molecule has 0 bridgehead atoms. The lowest BCUT2D eigenvalue weighted by Gasteiger charge is -2.03. The molecule has 1 aromatic carbocycles. The van der Waals surface area contributed by atoms with Crippen LogP contribution in [0.25, 0.3) is 22.3 Å². The maximum absolute atomic E-state index is 12.0. The van der Waals surface area contributed by atoms with Crippen molar-refractivity contribution in [2.75, 3.05) is 5.32 Å². The van der Waals surface area contributed by atoms with Crippen molar-refractivity contribution in [3.05, 3.63) is 70.7 Å². The number of hydrogen-bond donors (Lipinski definition) is 1. The zero-order chi connectivity index (χ0) is 17.2. The number of carbonyl (C=O) groups is 1. The first-order valence-electron chi connectivity index (χ1n) is 7.44. The summed E-state index contributed by atoms with van der Waals surface area (Å²) >= 11 is 4.82. The first kappa shape index (κ1) is 15.9. The molecule has 0 saturated heterocycles. The van der Waals surface area contributed by atoms with E-state index in [-0.39, 0.29) is 5.91 Å². The van der Waals surface area contributed by atoms with Crippen LogP contribution < -0.4 is 5.32 Å². The van der Waals surface area contributed by atoms with Crippen molar-refractivity contribution < 1.29 is 9.21 Å². The van der Waals surface area contributed by atoms with Gasteiger partial charge in [0.15, 0.2) is 9.63 Å². The molecule has 124 valence electrons. The van der Waals surface area contributed by atoms with E-state index in [0.717, 1.165) is 21.9 Å². The first-order valence-corrected chi connectivity index (χ1v) is 9.12. The van der Waals surface area contributed by atoms with E-state index >= 15 is 0 Å². The number of aromatic nitrogens is 2. The Kier molecular flexibility index (Phi) is 4.25. The van der Waals surface area contributed by atoms with Crippen LogP contribution in [0.3, 0.4) is 0 Å². The predicted octanol–water partition coefficient (Wildman–Crippen LogP) is 5.07. The maximum Gasteiger partial charge on any atom is 0.248 e. The fourth-order valence-electron chi connectivity index (χ4n) is 2.35. The number of benzene rings is 1. The number of furan rings is 1. The third kappa shape index (κ3) is 3.57. The number of amides is 1. The van der Waals surface area contributed by atoms with E-state index in [1.165, 1.54) is 6.08 Å². The molecule has 0 unspecified atom stereocenters. The monoisotopic (exact) mass is 413 g/mol. The molecule has 0 spiro atoms. The van der Waals surface area contributed by atoms with Crippen LogP contribution in [0.15, 0.2) is 69.3 Å². The maximum atomic E-state index is 12.0. The van der Waals surface area contributed by atoms with Gasteiger partial charge in [-0.2, -0.15) is 0 Å². The second-order valence-corrected chi connectivity index (χ2v) is 6.92. The summed E-state index contributed by atoms with van der Waals surface area (Å²) in [6.45, 7) is 0. The number of fused-ring (bicyclic) bond motifs is 1. The minimum Gasteiger partial charge on any atom is -0.450 e. The van der Waals surface area contributed by atoms with Crippen LogP contribution in [0.1, 0.15) is 5.76 Å². The highest BCUT2D eigenvalue weighted by Gasteiger charge is 2.06. The van der Waals surface area contributed by atoms with Crippen LogP contribution in [0.2, 0.25) is 0 Å². The van der Waals surface area contributed by atoms with Crippen LogP contribution in [0, 0.1) is 0 Å². The number of anilines is 1. The number of nitrogens with one attached hydrogen (secondary N) is 1. The molecule has 1 amide bonds. The Morgan fingerprint density at radius 2 is 2.08 bits per heavy atom. The molecule has 4 aromatic rings. The zero-order valence-corrected chi connectivity index (χ0v) is 15.3. The Morgan fingerprint density at radius 1 is 1.24 bits per heavy atom. The summed E-state index contributed by atoms with van der Waals surface area (Å²) < 4.78 is 7.93. The first-order chi connectivity index (χ1) is 12.2. The molecule has 1 N–H and O–H groups in total. The van der Waals surface area contributed by atoms with E-state index in [1.807, 2.05) is 46.4 Å². The van der Waals surface area contributed by atoms with E-state index in [0.29, 0.717) is 10.4 Å². The van der Waals surface area contributed by atoms with Gasteiger partial charge in [0.05, 0.1) is 5.69 Å². The van der Waals surface area contributed by atoms with Crippen molar-refractivity contribution in [3.8, 4) is 11.3 Å². The van der Waals surface area contributed by atoms with Crippen molar-refractivity contribution in [3.63, 3.8) is 0 Å². The molecule has 0 fully saturated rings. The summed E-state index contributed by atoms with van der Waals surface area (Å²) in [4.78, 5) is 17.5. The zero-order valence-electron chi connectivity index (χ0n) is 12.8. The van der Waals surface area contributed by atoms with Crippen molar-refractivity contribution in [1.82, 2.24) is 9.38 Å². The molecule has 0 aliphatic heterocycles. The van der Waals surface area contributed by atoms with Gasteiger partial charge in [0.1, 0.15) is 5.76 Å². The molecular formula is C18H12BrN3O2S. The van der Waals surface area contributed by atoms with Crippen LogP contribution in [0.4, 0.5) is 5.69 Å². The Balaban J connectivity index is 1.44. The Labute approximate surface area is 155 Å². The highest BCUT2D eigenvalue weighted by molar-refractivity contribution is 9.10. The second kappa shape index (κ2) is 6.70. The lowest BCUT2D eigenvalue weighted by atomic mass is 10.1. The molecular weight excluding hydrogens is 402 g/mol. The van der Waals surface area contributed by atoms with E-state index in [9.17, 15) is 4.79 Å². The summed E-state index contributed by atoms with van der Waals surface area (Å²) in [6, 6.07) is 11.1. The number of thiazole rings is 1. The number of hydrogen-bond acceptors (Lipinski definition) is 4. The summed E-state index contributed by atoms with van der Waals surface area (Å²) in [5.74, 6) is 0.389. The third-order valence-electron chi connectivity index (χ3n) is 3.53. The van der Waals surface area contributed by atoms with Crippen LogP contribution in [0.5, 0.6) is 0 Å². The summed E-state index contributed by atoms with van der Waals surface area (Å²) in [7, 11) is 0. The highest BCUT2D eigenvalue weighted by atomic mass is 79.9. The van der Waals surface area contributed by atoms with Crippen molar-refractivity contribution >= 4 is 49.9 Å². The van der Waals surface area contributed by atoms with Gasteiger partial charge < -0.3 is 9.73 Å². The molecule has 7 heteroatoms. The number of halogens is 1. The van der Waals surface area contributed by atoms with Crippen LogP contribution in [-0.4, -0.2) is 15.3 Å². The van der Waals surface area contributed by atoms with E-state index in [2.05, 4.69) is 26.2 Å². The normalized spacial score (nSPS) is 11.4. The Hall–Kier alpha value is -2.64. The smallest absolute Gasteiger partial charge is 0.248 e. The van der Waals surface area contributed by atoms with Crippen molar-refractivity contribution in [2.45, 2.75) is 0 Å². The summed E-state index contributed by atoms with van der Waals surface area (Å²) in [5.41, 5.74) is 2.64. The molecule has 0 atom stereocenters. The largest absolute Gasteiger partial charge is 0.450 e. The minimum atomic E-state index is -0.220. The molecule has 3 heterocycles. The Morgan fingerprint density at radius 3 is 2.80 bits per heavy atom. The molecule has 0 aliphatic carbocycles. The van der Waals surface area contributed by atoms with Gasteiger partial charge in [-0.25, -0.2) is 4.98 Å². The number of rotatable bonds is 4. The number of nitrogens with zero attached hydrogens (tertiary/aromatic N) is 2. The quantitative estimate of drug-likeness (QED) is 0.475. The third-order valence-corrected chi connectivity index (χ3v) is 4.73. The van der Waals surface area contributed by atoms with Gasteiger partial charge in [-0.15, -0.1) is 11.3 Å². The molecule has 5 nitrogen and oxygen atoms in total. The summed E-state index contributed by atoms with van der Waals surface area (Å²) in [5, 5.41) is 4.82. The van der Waals surface area contributed by atoms with Crippen molar-refractivity contribution in [2.24, 2.45) is 0 Å². The van der Waals surface area contributed by atoms with E-state index in [4.69, 9.17) is 4.42 Å². The predicted molar refractivity (Wildman–Crippen MR) is 103 cm³/mol. The molecule has 3 aromatic heterocycles. The van der Waals surface area contributed by atoms with Crippen LogP contribution in [-0.2, 0) is 4.79 Å². The topological polar surface area (TPSA) is 59.5 Å². The van der Waals surface area contributed by atoms with Crippen molar-refractivity contribution in [1.29, 1.82) is 0 Å². The number of imidazole rings is 1. The minimum absolute atomic E-state index is 0.220. The lowest BCUT2D eigenvalue weighted by molar-refractivity contribution is -0.111. The van der Waals surface area contributed by atoms with Gasteiger partial charge in [0.2, 0.25) is 5.91 Å². The fraction of sp³-hybridized carbons (Fsp3) is 0. The summed E-state index contributed by atoms with van der Waals surface area (Å²) in [6.07, 6.45) is 7.02. The van der Waals surface area contributed by atoms with E-state index in [1.54, 1.807) is 29.5 Å². The SMILES string of the molecule is O=C(C=Cc1ccc(Br)o1)Nc1ccc(-c2cn3ccsc3n2)cc1. The van der Waals surface area contributed by atoms with Gasteiger partial charge in [-0.1, -0.05) is 12.1 Å². The van der Waals surface area contributed by atoms with E-state index < -0.39 is 0 Å². The lowest BCUT2D eigenvalue weighted by Crippen LogP contribution is -2.07. The average molecular weight is 414 g/mol. The molecule has 0 aliphatic rings. The Bertz CT molecular complexity index is 1030. The van der Waals surface area contributed by atoms with Crippen LogP contribution >= 0.6 is 27.3 Å².